The summed E-state index contributed by atoms with van der Waals surface area (Å²) in [6.07, 6.45) is 2.87. The number of carbonyl (C=O) groups is 2. The molecule has 0 bridgehead atoms. The van der Waals surface area contributed by atoms with Crippen LogP contribution < -0.4 is 16.0 Å². The molecule has 1 fully saturated rings. The fourth-order valence-corrected chi connectivity index (χ4v) is 3.38. The number of hydrogen-bond donors (Lipinski definition) is 2. The predicted octanol–water partition coefficient (Wildman–Crippen LogP) is 2.13. The number of rotatable bonds is 6. The molecule has 3 N–H and O–H groups in total. The first-order valence-electron chi connectivity index (χ1n) is 6.88. The van der Waals surface area contributed by atoms with Gasteiger partial charge >= 0.3 is 0 Å². The van der Waals surface area contributed by atoms with E-state index in [1.54, 1.807) is 14.0 Å². The Morgan fingerprint density at radius 2 is 2.10 bits per heavy atom. The third-order valence-corrected chi connectivity index (χ3v) is 4.89. The van der Waals surface area contributed by atoms with Crippen molar-refractivity contribution in [3.63, 3.8) is 0 Å². The summed E-state index contributed by atoms with van der Waals surface area (Å²) in [6.45, 7) is 2.71. The molecule has 1 aliphatic carbocycles. The molecule has 20 heavy (non-hydrogen) atoms. The maximum atomic E-state index is 12.1. The van der Waals surface area contributed by atoms with Gasteiger partial charge in [0.25, 0.3) is 5.91 Å². The predicted molar refractivity (Wildman–Crippen MR) is 82.7 cm³/mol. The van der Waals surface area contributed by atoms with Crippen molar-refractivity contribution in [2.24, 2.45) is 5.92 Å². The topological polar surface area (TPSA) is 75.4 Å². The van der Waals surface area contributed by atoms with E-state index in [-0.39, 0.29) is 11.7 Å². The maximum Gasteiger partial charge on any atom is 0.256 e. The van der Waals surface area contributed by atoms with Crippen LogP contribution in [-0.2, 0) is 0 Å². The summed E-state index contributed by atoms with van der Waals surface area (Å²) in [5.41, 5.74) is 6.80. The fraction of sp³-hybridized carbons (Fsp3) is 0.571. The van der Waals surface area contributed by atoms with Gasteiger partial charge in [-0.05, 0) is 18.8 Å². The van der Waals surface area contributed by atoms with Crippen molar-refractivity contribution in [1.82, 2.24) is 5.32 Å². The standard InChI is InChI=1S/C14H21N3O2S/c1-4-9(18)12-11(15)10(13(19)16-2)14(20-12)17(3)7-8-5-6-8/h8H,4-7,15H2,1-3H3,(H,16,19). The van der Waals surface area contributed by atoms with Crippen molar-refractivity contribution in [3.8, 4) is 0 Å². The van der Waals surface area contributed by atoms with E-state index in [4.69, 9.17) is 5.73 Å². The lowest BCUT2D eigenvalue weighted by Crippen LogP contribution is -2.25. The van der Waals surface area contributed by atoms with Crippen LogP contribution in [0.5, 0.6) is 0 Å². The molecule has 1 aromatic heterocycles. The number of Topliss-reactive ketones (excluding diaryl/α,β-unsaturated/α-hetero) is 1. The summed E-state index contributed by atoms with van der Waals surface area (Å²) < 4.78 is 0. The van der Waals surface area contributed by atoms with Gasteiger partial charge in [0, 0.05) is 27.1 Å². The molecule has 0 saturated heterocycles. The summed E-state index contributed by atoms with van der Waals surface area (Å²) in [4.78, 5) is 26.6. The molecule has 2 rings (SSSR count). The number of carbonyl (C=O) groups excluding carboxylic acids is 2. The number of nitrogens with zero attached hydrogens (tertiary/aromatic N) is 1. The van der Waals surface area contributed by atoms with E-state index < -0.39 is 0 Å². The number of nitrogens with one attached hydrogen (secondary N) is 1. The van der Waals surface area contributed by atoms with Crippen LogP contribution in [0, 0.1) is 5.92 Å². The highest BCUT2D eigenvalue weighted by Gasteiger charge is 2.29. The molecule has 0 spiro atoms. The summed E-state index contributed by atoms with van der Waals surface area (Å²) in [6, 6.07) is 0. The lowest BCUT2D eigenvalue weighted by molar-refractivity contribution is 0.0964. The minimum Gasteiger partial charge on any atom is -0.397 e. The van der Waals surface area contributed by atoms with E-state index in [9.17, 15) is 9.59 Å². The first-order chi connectivity index (χ1) is 9.49. The molecule has 110 valence electrons. The van der Waals surface area contributed by atoms with Crippen molar-refractivity contribution in [2.45, 2.75) is 26.2 Å². The Hall–Kier alpha value is -1.56. The smallest absolute Gasteiger partial charge is 0.256 e. The Balaban J connectivity index is 2.41. The first-order valence-corrected chi connectivity index (χ1v) is 7.69. The Morgan fingerprint density at radius 1 is 1.45 bits per heavy atom. The van der Waals surface area contributed by atoms with Gasteiger partial charge in [0.15, 0.2) is 5.78 Å². The van der Waals surface area contributed by atoms with Crippen molar-refractivity contribution >= 4 is 33.7 Å². The van der Waals surface area contributed by atoms with E-state index in [1.807, 2.05) is 7.05 Å². The van der Waals surface area contributed by atoms with Crippen molar-refractivity contribution in [3.05, 3.63) is 10.4 Å². The highest BCUT2D eigenvalue weighted by molar-refractivity contribution is 7.19. The van der Waals surface area contributed by atoms with Gasteiger partial charge in [-0.25, -0.2) is 0 Å². The van der Waals surface area contributed by atoms with E-state index >= 15 is 0 Å². The van der Waals surface area contributed by atoms with Crippen LogP contribution in [0.4, 0.5) is 10.7 Å². The Kier molecular flexibility index (Phi) is 4.32. The average molecular weight is 295 g/mol. The zero-order chi connectivity index (χ0) is 14.9. The van der Waals surface area contributed by atoms with E-state index in [1.165, 1.54) is 24.2 Å². The average Bonchev–Trinajstić information content (AvgIpc) is 3.18. The van der Waals surface area contributed by atoms with Crippen LogP contribution >= 0.6 is 11.3 Å². The molecule has 0 atom stereocenters. The number of nitrogen functional groups attached to an aromatic ring is 1. The normalized spacial score (nSPS) is 14.2. The van der Waals surface area contributed by atoms with Crippen LogP contribution in [0.1, 0.15) is 46.2 Å². The summed E-state index contributed by atoms with van der Waals surface area (Å²) in [5.74, 6) is 0.460. The van der Waals surface area contributed by atoms with Crippen LogP contribution in [0.2, 0.25) is 0 Å². The van der Waals surface area contributed by atoms with Gasteiger partial charge < -0.3 is 16.0 Å². The second kappa shape index (κ2) is 5.83. The molecule has 0 aliphatic heterocycles. The van der Waals surface area contributed by atoms with Crippen LogP contribution in [0.25, 0.3) is 0 Å². The van der Waals surface area contributed by atoms with Crippen LogP contribution in [-0.4, -0.2) is 32.3 Å². The quantitative estimate of drug-likeness (QED) is 0.788. The second-order valence-corrected chi connectivity index (χ2v) is 6.20. The Bertz CT molecular complexity index is 535. The van der Waals surface area contributed by atoms with E-state index in [0.717, 1.165) is 11.5 Å². The maximum absolute atomic E-state index is 12.1. The molecule has 1 aromatic rings. The van der Waals surface area contributed by atoms with Gasteiger partial charge in [-0.1, -0.05) is 6.92 Å². The van der Waals surface area contributed by atoms with Gasteiger partial charge in [-0.3, -0.25) is 9.59 Å². The molecule has 1 heterocycles. The number of amides is 1. The molecule has 6 heteroatoms. The van der Waals surface area contributed by atoms with E-state index in [0.29, 0.717) is 28.5 Å². The first kappa shape index (κ1) is 14.8. The molecule has 0 aromatic carbocycles. The molecule has 1 amide bonds. The van der Waals surface area contributed by atoms with Gasteiger partial charge in [-0.15, -0.1) is 11.3 Å². The Morgan fingerprint density at radius 3 is 2.60 bits per heavy atom. The second-order valence-electron chi connectivity index (χ2n) is 5.20. The van der Waals surface area contributed by atoms with Gasteiger partial charge in [-0.2, -0.15) is 0 Å². The lowest BCUT2D eigenvalue weighted by atomic mass is 10.1. The largest absolute Gasteiger partial charge is 0.397 e. The number of ketones is 1. The zero-order valence-corrected chi connectivity index (χ0v) is 13.0. The number of hydrogen-bond acceptors (Lipinski definition) is 5. The van der Waals surface area contributed by atoms with E-state index in [2.05, 4.69) is 10.2 Å². The highest BCUT2D eigenvalue weighted by Crippen LogP contribution is 2.40. The number of anilines is 2. The molecule has 0 unspecified atom stereocenters. The monoisotopic (exact) mass is 295 g/mol. The molecule has 1 saturated carbocycles. The van der Waals surface area contributed by atoms with Crippen molar-refractivity contribution < 1.29 is 9.59 Å². The minimum atomic E-state index is -0.230. The summed E-state index contributed by atoms with van der Waals surface area (Å²) in [7, 11) is 3.53. The van der Waals surface area contributed by atoms with Gasteiger partial charge in [0.1, 0.15) is 5.00 Å². The van der Waals surface area contributed by atoms with Crippen molar-refractivity contribution in [1.29, 1.82) is 0 Å². The van der Waals surface area contributed by atoms with Crippen LogP contribution in [0.15, 0.2) is 0 Å². The summed E-state index contributed by atoms with van der Waals surface area (Å²) >= 11 is 1.33. The van der Waals surface area contributed by atoms with Crippen LogP contribution in [0.3, 0.4) is 0 Å². The lowest BCUT2D eigenvalue weighted by Gasteiger charge is -2.18. The zero-order valence-electron chi connectivity index (χ0n) is 12.2. The third kappa shape index (κ3) is 2.80. The fourth-order valence-electron chi connectivity index (χ4n) is 2.18. The summed E-state index contributed by atoms with van der Waals surface area (Å²) in [5, 5.41) is 3.40. The molecular weight excluding hydrogens is 274 g/mol. The van der Waals surface area contributed by atoms with Crippen molar-refractivity contribution in [2.75, 3.05) is 31.3 Å². The SMILES string of the molecule is CCC(=O)c1sc(N(C)CC2CC2)c(C(=O)NC)c1N. The highest BCUT2D eigenvalue weighted by atomic mass is 32.1. The van der Waals surface area contributed by atoms with Gasteiger partial charge in [0.2, 0.25) is 0 Å². The van der Waals surface area contributed by atoms with Gasteiger partial charge in [0.05, 0.1) is 16.1 Å². The molecule has 5 nitrogen and oxygen atoms in total. The third-order valence-electron chi connectivity index (χ3n) is 3.53. The Labute approximate surface area is 123 Å². The molecule has 0 radical (unpaired) electrons. The molecule has 1 aliphatic rings. The minimum absolute atomic E-state index is 0.0104. The molecular formula is C14H21N3O2S. The number of nitrogens with two attached hydrogens (primary N) is 1. The number of thiophene rings is 1.